The highest BCUT2D eigenvalue weighted by Gasteiger charge is 2.24. The van der Waals surface area contributed by atoms with Crippen LogP contribution < -0.4 is 10.6 Å². The first-order valence-electron chi connectivity index (χ1n) is 6.87. The SMILES string of the molecule is CC(C)CCN(C)c1sc(C(=O)C(C)C)c(N)c1C#N. The number of thiophene rings is 1. The van der Waals surface area contributed by atoms with Crippen LogP contribution in [0.25, 0.3) is 0 Å². The topological polar surface area (TPSA) is 70.1 Å². The van der Waals surface area contributed by atoms with E-state index < -0.39 is 0 Å². The Morgan fingerprint density at radius 1 is 1.40 bits per heavy atom. The average Bonchev–Trinajstić information content (AvgIpc) is 2.71. The second kappa shape index (κ2) is 6.76. The Labute approximate surface area is 125 Å². The Hall–Kier alpha value is -1.54. The molecule has 0 fully saturated rings. The molecule has 0 amide bonds. The summed E-state index contributed by atoms with van der Waals surface area (Å²) >= 11 is 1.34. The van der Waals surface area contributed by atoms with Gasteiger partial charge in [-0.05, 0) is 12.3 Å². The number of carbonyl (C=O) groups excluding carboxylic acids is 1. The number of carbonyl (C=O) groups is 1. The number of hydrogen-bond acceptors (Lipinski definition) is 5. The highest BCUT2D eigenvalue weighted by Crippen LogP contribution is 2.38. The molecule has 0 spiro atoms. The fourth-order valence-corrected chi connectivity index (χ4v) is 3.05. The van der Waals surface area contributed by atoms with Crippen LogP contribution in [0.4, 0.5) is 10.7 Å². The first-order chi connectivity index (χ1) is 9.29. The van der Waals surface area contributed by atoms with E-state index >= 15 is 0 Å². The smallest absolute Gasteiger partial charge is 0.177 e. The standard InChI is InChI=1S/C15H23N3OS/c1-9(2)6-7-18(5)15-11(8-16)12(17)14(20-15)13(19)10(3)4/h9-10H,6-7,17H2,1-5H3. The van der Waals surface area contributed by atoms with Crippen LogP contribution in [-0.2, 0) is 0 Å². The van der Waals surface area contributed by atoms with Crippen LogP contribution in [0.15, 0.2) is 0 Å². The molecule has 1 rings (SSSR count). The second-order valence-electron chi connectivity index (χ2n) is 5.76. The summed E-state index contributed by atoms with van der Waals surface area (Å²) in [6.07, 6.45) is 1.03. The molecule has 0 aliphatic carbocycles. The molecular weight excluding hydrogens is 270 g/mol. The van der Waals surface area contributed by atoms with E-state index in [1.807, 2.05) is 25.8 Å². The maximum absolute atomic E-state index is 12.1. The van der Waals surface area contributed by atoms with Crippen molar-refractivity contribution in [3.05, 3.63) is 10.4 Å². The molecule has 0 radical (unpaired) electrons. The zero-order chi connectivity index (χ0) is 15.4. The van der Waals surface area contributed by atoms with E-state index in [4.69, 9.17) is 5.73 Å². The van der Waals surface area contributed by atoms with Gasteiger partial charge in [0.2, 0.25) is 0 Å². The van der Waals surface area contributed by atoms with Crippen molar-refractivity contribution >= 4 is 27.8 Å². The van der Waals surface area contributed by atoms with Crippen molar-refractivity contribution in [2.75, 3.05) is 24.2 Å². The molecule has 0 aliphatic heterocycles. The molecular formula is C15H23N3OS. The van der Waals surface area contributed by atoms with E-state index in [1.165, 1.54) is 11.3 Å². The third-order valence-corrected chi connectivity index (χ3v) is 4.51. The molecule has 0 bridgehead atoms. The second-order valence-corrected chi connectivity index (χ2v) is 6.76. The van der Waals surface area contributed by atoms with Gasteiger partial charge in [-0.15, -0.1) is 11.3 Å². The molecule has 20 heavy (non-hydrogen) atoms. The number of ketones is 1. The Balaban J connectivity index is 3.12. The first-order valence-corrected chi connectivity index (χ1v) is 7.68. The van der Waals surface area contributed by atoms with Gasteiger partial charge in [0, 0.05) is 19.5 Å². The lowest BCUT2D eigenvalue weighted by atomic mass is 10.1. The van der Waals surface area contributed by atoms with Crippen LogP contribution in [0.2, 0.25) is 0 Å². The van der Waals surface area contributed by atoms with Gasteiger partial charge in [0.25, 0.3) is 0 Å². The molecule has 2 N–H and O–H groups in total. The molecule has 0 aromatic carbocycles. The van der Waals surface area contributed by atoms with Gasteiger partial charge in [-0.2, -0.15) is 5.26 Å². The molecule has 0 saturated carbocycles. The van der Waals surface area contributed by atoms with Crippen molar-refractivity contribution in [1.82, 2.24) is 0 Å². The van der Waals surface area contributed by atoms with Crippen molar-refractivity contribution in [2.45, 2.75) is 34.1 Å². The Morgan fingerprint density at radius 3 is 2.45 bits per heavy atom. The maximum atomic E-state index is 12.1. The lowest BCUT2D eigenvalue weighted by molar-refractivity contribution is 0.0944. The Morgan fingerprint density at radius 2 is 2.00 bits per heavy atom. The summed E-state index contributed by atoms with van der Waals surface area (Å²) in [5, 5.41) is 10.1. The lowest BCUT2D eigenvalue weighted by Crippen LogP contribution is -2.19. The van der Waals surface area contributed by atoms with Gasteiger partial charge >= 0.3 is 0 Å². The van der Waals surface area contributed by atoms with Crippen LogP contribution in [0.1, 0.15) is 49.4 Å². The maximum Gasteiger partial charge on any atom is 0.177 e. The molecule has 110 valence electrons. The van der Waals surface area contributed by atoms with E-state index in [-0.39, 0.29) is 11.7 Å². The summed E-state index contributed by atoms with van der Waals surface area (Å²) in [6, 6.07) is 2.14. The summed E-state index contributed by atoms with van der Waals surface area (Å²) in [5.74, 6) is 0.487. The summed E-state index contributed by atoms with van der Waals surface area (Å²) in [4.78, 5) is 14.7. The number of nitrogen functional groups attached to an aromatic ring is 1. The molecule has 1 aromatic heterocycles. The summed E-state index contributed by atoms with van der Waals surface area (Å²) < 4.78 is 0. The number of nitrogens with zero attached hydrogens (tertiary/aromatic N) is 2. The van der Waals surface area contributed by atoms with Crippen molar-refractivity contribution in [1.29, 1.82) is 5.26 Å². The highest BCUT2D eigenvalue weighted by atomic mass is 32.1. The molecule has 0 aliphatic rings. The van der Waals surface area contributed by atoms with Crippen LogP contribution in [0, 0.1) is 23.2 Å². The fourth-order valence-electron chi connectivity index (χ4n) is 1.81. The zero-order valence-corrected chi connectivity index (χ0v) is 13.7. The van der Waals surface area contributed by atoms with Crippen molar-refractivity contribution in [3.8, 4) is 6.07 Å². The molecule has 4 nitrogen and oxygen atoms in total. The minimum absolute atomic E-state index is 0.00695. The van der Waals surface area contributed by atoms with Gasteiger partial charge in [-0.25, -0.2) is 0 Å². The molecule has 5 heteroatoms. The van der Waals surface area contributed by atoms with Gasteiger partial charge in [0.15, 0.2) is 5.78 Å². The summed E-state index contributed by atoms with van der Waals surface area (Å²) in [5.41, 5.74) is 6.76. The third-order valence-electron chi connectivity index (χ3n) is 3.18. The van der Waals surface area contributed by atoms with E-state index in [9.17, 15) is 10.1 Å². The van der Waals surface area contributed by atoms with E-state index in [2.05, 4.69) is 19.9 Å². The predicted molar refractivity (Wildman–Crippen MR) is 85.3 cm³/mol. The number of hydrogen-bond donors (Lipinski definition) is 1. The molecule has 0 unspecified atom stereocenters. The van der Waals surface area contributed by atoms with Gasteiger partial charge in [-0.3, -0.25) is 4.79 Å². The highest BCUT2D eigenvalue weighted by molar-refractivity contribution is 7.19. The van der Waals surface area contributed by atoms with Crippen LogP contribution >= 0.6 is 11.3 Å². The quantitative estimate of drug-likeness (QED) is 0.815. The number of anilines is 2. The van der Waals surface area contributed by atoms with Crippen LogP contribution in [0.3, 0.4) is 0 Å². The van der Waals surface area contributed by atoms with Gasteiger partial charge in [0.1, 0.15) is 16.6 Å². The first kappa shape index (κ1) is 16.5. The fraction of sp³-hybridized carbons (Fsp3) is 0.600. The summed E-state index contributed by atoms with van der Waals surface area (Å²) in [7, 11) is 1.94. The Kier molecular flexibility index (Phi) is 5.58. The monoisotopic (exact) mass is 293 g/mol. The molecule has 0 saturated heterocycles. The number of rotatable bonds is 6. The van der Waals surface area contributed by atoms with E-state index in [1.54, 1.807) is 0 Å². The largest absolute Gasteiger partial charge is 0.396 e. The lowest BCUT2D eigenvalue weighted by Gasteiger charge is -2.18. The van der Waals surface area contributed by atoms with Crippen molar-refractivity contribution in [3.63, 3.8) is 0 Å². The Bertz CT molecular complexity index is 526. The number of nitrogens with two attached hydrogens (primary N) is 1. The molecule has 1 aromatic rings. The minimum atomic E-state index is -0.115. The van der Waals surface area contributed by atoms with Crippen molar-refractivity contribution < 1.29 is 4.79 Å². The predicted octanol–water partition coefficient (Wildman–Crippen LogP) is 3.52. The normalized spacial score (nSPS) is 10.9. The number of Topliss-reactive ketones (excluding diaryl/α,β-unsaturated/α-hetero) is 1. The van der Waals surface area contributed by atoms with Gasteiger partial charge in [-0.1, -0.05) is 27.7 Å². The zero-order valence-electron chi connectivity index (χ0n) is 12.9. The number of nitriles is 1. The average molecular weight is 293 g/mol. The molecule has 1 heterocycles. The van der Waals surface area contributed by atoms with Gasteiger partial charge in [0.05, 0.1) is 10.6 Å². The minimum Gasteiger partial charge on any atom is -0.396 e. The van der Waals surface area contributed by atoms with E-state index in [0.29, 0.717) is 22.0 Å². The van der Waals surface area contributed by atoms with E-state index in [0.717, 1.165) is 18.0 Å². The van der Waals surface area contributed by atoms with Gasteiger partial charge < -0.3 is 10.6 Å². The molecule has 0 atom stereocenters. The summed E-state index contributed by atoms with van der Waals surface area (Å²) in [6.45, 7) is 8.86. The van der Waals surface area contributed by atoms with Crippen molar-refractivity contribution in [2.24, 2.45) is 11.8 Å². The third kappa shape index (κ3) is 3.51. The van der Waals surface area contributed by atoms with Crippen LogP contribution in [0.5, 0.6) is 0 Å². The van der Waals surface area contributed by atoms with Crippen LogP contribution in [-0.4, -0.2) is 19.4 Å².